The second kappa shape index (κ2) is 14.0. The molecule has 10 nitrogen and oxygen atoms in total. The van der Waals surface area contributed by atoms with Crippen LogP contribution in [0.4, 0.5) is 0 Å². The van der Waals surface area contributed by atoms with Crippen LogP contribution in [0.15, 0.2) is 54.6 Å². The molecule has 0 radical (unpaired) electrons. The molecule has 1 aliphatic rings. The summed E-state index contributed by atoms with van der Waals surface area (Å²) in [4.78, 5) is 41.3. The first kappa shape index (κ1) is 30.6. The van der Waals surface area contributed by atoms with Crippen LogP contribution in [0, 0.1) is 13.8 Å². The molecule has 0 amide bonds. The number of pyridine rings is 1. The molecular formula is C31H35BN2O8. The largest absolute Gasteiger partial charge is 0.636 e. The standard InChI is InChI=1S/C31H35BN2O8/c1-20(40-23(4)35)15-16-38-29-14-13-28(22(3)33-29)27-8-6-7-24(21(27)2)19-39-26-11-9-25(10-12-26)32-41-30(36)17-34(5)18-31(37)42-32/h6-14,20H,15-19H2,1-5H3/t20-/m1/s1. The molecule has 1 atom stereocenters. The number of rotatable bonds is 10. The molecule has 2 heterocycles. The van der Waals surface area contributed by atoms with Crippen LogP contribution >= 0.6 is 0 Å². The third-order valence-electron chi connectivity index (χ3n) is 6.76. The first-order valence-electron chi connectivity index (χ1n) is 13.8. The maximum atomic E-state index is 12.1. The SMILES string of the molecule is CC(=O)O[C@H](C)CCOc1ccc(-c2cccc(COc3ccc(B4OC(=O)CN(C)CC(=O)O4)cc3)c2C)c(C)n1. The lowest BCUT2D eigenvalue weighted by molar-refractivity contribution is -0.147. The topological polar surface area (TPSA) is 113 Å². The summed E-state index contributed by atoms with van der Waals surface area (Å²) in [7, 11) is 0.555. The predicted octanol–water partition coefficient (Wildman–Crippen LogP) is 3.39. The molecular weight excluding hydrogens is 539 g/mol. The zero-order valence-corrected chi connectivity index (χ0v) is 24.5. The number of hydrogen-bond acceptors (Lipinski definition) is 10. The molecule has 1 fully saturated rings. The molecule has 2 aromatic carbocycles. The van der Waals surface area contributed by atoms with Crippen LogP contribution in [0.25, 0.3) is 11.1 Å². The molecule has 42 heavy (non-hydrogen) atoms. The number of likely N-dealkylation sites (N-methyl/N-ethyl adjacent to an activating group) is 1. The van der Waals surface area contributed by atoms with E-state index in [0.717, 1.165) is 27.9 Å². The summed E-state index contributed by atoms with van der Waals surface area (Å²) in [5, 5.41) is 0. The molecule has 0 unspecified atom stereocenters. The highest BCUT2D eigenvalue weighted by Gasteiger charge is 2.33. The number of aryl methyl sites for hydroxylation is 1. The van der Waals surface area contributed by atoms with Crippen LogP contribution in [0.2, 0.25) is 0 Å². The van der Waals surface area contributed by atoms with E-state index in [4.69, 9.17) is 23.5 Å². The molecule has 1 aliphatic heterocycles. The minimum atomic E-state index is -1.09. The van der Waals surface area contributed by atoms with Crippen LogP contribution in [-0.2, 0) is 35.0 Å². The second-order valence-electron chi connectivity index (χ2n) is 10.3. The summed E-state index contributed by atoms with van der Waals surface area (Å²) >= 11 is 0. The van der Waals surface area contributed by atoms with E-state index < -0.39 is 19.1 Å². The van der Waals surface area contributed by atoms with Gasteiger partial charge in [-0.15, -0.1) is 0 Å². The Kier molecular flexibility index (Phi) is 10.2. The number of ether oxygens (including phenoxy) is 3. The average Bonchev–Trinajstić information content (AvgIpc) is 2.91. The van der Waals surface area contributed by atoms with Gasteiger partial charge in [-0.25, -0.2) is 4.98 Å². The Morgan fingerprint density at radius 2 is 1.67 bits per heavy atom. The number of carbonyl (C=O) groups is 3. The third kappa shape index (κ3) is 8.33. The predicted molar refractivity (Wildman–Crippen MR) is 156 cm³/mol. The van der Waals surface area contributed by atoms with E-state index >= 15 is 0 Å². The lowest BCUT2D eigenvalue weighted by Crippen LogP contribution is -2.47. The number of aromatic nitrogens is 1. The van der Waals surface area contributed by atoms with Gasteiger partial charge in [0.05, 0.1) is 19.7 Å². The smallest absolute Gasteiger partial charge is 0.494 e. The van der Waals surface area contributed by atoms with Crippen molar-refractivity contribution in [3.63, 3.8) is 0 Å². The summed E-state index contributed by atoms with van der Waals surface area (Å²) in [5.41, 5.74) is 5.50. The van der Waals surface area contributed by atoms with Gasteiger partial charge in [0.2, 0.25) is 5.88 Å². The summed E-state index contributed by atoms with van der Waals surface area (Å²) in [5.74, 6) is -0.108. The van der Waals surface area contributed by atoms with Crippen molar-refractivity contribution in [2.75, 3.05) is 26.7 Å². The molecule has 1 aromatic heterocycles. The Labute approximate surface area is 246 Å². The van der Waals surface area contributed by atoms with Gasteiger partial charge in [0.15, 0.2) is 0 Å². The van der Waals surface area contributed by atoms with Crippen LogP contribution in [-0.4, -0.2) is 67.8 Å². The van der Waals surface area contributed by atoms with Gasteiger partial charge in [0.1, 0.15) is 18.5 Å². The van der Waals surface area contributed by atoms with E-state index in [1.807, 2.05) is 51.1 Å². The maximum Gasteiger partial charge on any atom is 0.636 e. The van der Waals surface area contributed by atoms with Gasteiger partial charge >= 0.3 is 25.0 Å². The molecule has 11 heteroatoms. The first-order chi connectivity index (χ1) is 20.1. The van der Waals surface area contributed by atoms with E-state index in [-0.39, 0.29) is 25.2 Å². The minimum Gasteiger partial charge on any atom is -0.494 e. The fourth-order valence-electron chi connectivity index (χ4n) is 4.56. The van der Waals surface area contributed by atoms with Gasteiger partial charge < -0.3 is 23.5 Å². The third-order valence-corrected chi connectivity index (χ3v) is 6.76. The molecule has 1 saturated heterocycles. The van der Waals surface area contributed by atoms with E-state index in [2.05, 4.69) is 4.98 Å². The van der Waals surface area contributed by atoms with Gasteiger partial charge in [-0.05, 0) is 62.7 Å². The molecule has 3 aromatic rings. The highest BCUT2D eigenvalue weighted by Crippen LogP contribution is 2.30. The Bertz CT molecular complexity index is 1410. The lowest BCUT2D eigenvalue weighted by atomic mass is 9.78. The molecule has 0 spiro atoms. The summed E-state index contributed by atoms with van der Waals surface area (Å²) in [6, 6.07) is 16.8. The summed E-state index contributed by atoms with van der Waals surface area (Å²) in [6.07, 6.45) is 0.354. The summed E-state index contributed by atoms with van der Waals surface area (Å²) in [6.45, 7) is 7.96. The monoisotopic (exact) mass is 574 g/mol. The van der Waals surface area contributed by atoms with Crippen molar-refractivity contribution in [3.05, 3.63) is 71.4 Å². The lowest BCUT2D eigenvalue weighted by Gasteiger charge is -2.22. The van der Waals surface area contributed by atoms with Crippen molar-refractivity contribution >= 4 is 30.5 Å². The highest BCUT2D eigenvalue weighted by atomic mass is 16.6. The Morgan fingerprint density at radius 3 is 2.31 bits per heavy atom. The quantitative estimate of drug-likeness (QED) is 0.264. The number of benzene rings is 2. The van der Waals surface area contributed by atoms with Crippen LogP contribution in [0.1, 0.15) is 37.1 Å². The molecule has 4 rings (SSSR count). The van der Waals surface area contributed by atoms with Crippen molar-refractivity contribution < 1.29 is 37.9 Å². The Balaban J connectivity index is 1.38. The van der Waals surface area contributed by atoms with Crippen molar-refractivity contribution in [1.29, 1.82) is 0 Å². The van der Waals surface area contributed by atoms with Crippen molar-refractivity contribution in [2.45, 2.75) is 46.8 Å². The van der Waals surface area contributed by atoms with E-state index in [9.17, 15) is 14.4 Å². The number of esters is 1. The van der Waals surface area contributed by atoms with Crippen molar-refractivity contribution in [3.8, 4) is 22.8 Å². The minimum absolute atomic E-state index is 0.0110. The molecule has 0 bridgehead atoms. The number of hydrogen-bond donors (Lipinski definition) is 0. The van der Waals surface area contributed by atoms with Crippen LogP contribution < -0.4 is 14.9 Å². The highest BCUT2D eigenvalue weighted by molar-refractivity contribution is 6.64. The van der Waals surface area contributed by atoms with Gasteiger partial charge in [-0.3, -0.25) is 19.3 Å². The second-order valence-corrected chi connectivity index (χ2v) is 10.3. The van der Waals surface area contributed by atoms with Gasteiger partial charge in [0.25, 0.3) is 0 Å². The average molecular weight is 574 g/mol. The van der Waals surface area contributed by atoms with E-state index in [1.165, 1.54) is 11.8 Å². The van der Waals surface area contributed by atoms with E-state index in [0.29, 0.717) is 36.7 Å². The van der Waals surface area contributed by atoms with Crippen LogP contribution in [0.5, 0.6) is 11.6 Å². The van der Waals surface area contributed by atoms with Crippen molar-refractivity contribution in [1.82, 2.24) is 9.88 Å². The first-order valence-corrected chi connectivity index (χ1v) is 13.8. The molecule has 220 valence electrons. The van der Waals surface area contributed by atoms with Crippen molar-refractivity contribution in [2.24, 2.45) is 0 Å². The summed E-state index contributed by atoms with van der Waals surface area (Å²) < 4.78 is 27.6. The normalized spacial score (nSPS) is 14.7. The Morgan fingerprint density at radius 1 is 0.976 bits per heavy atom. The van der Waals surface area contributed by atoms with Gasteiger partial charge in [-0.1, -0.05) is 30.3 Å². The number of nitrogens with zero attached hydrogens (tertiary/aromatic N) is 2. The number of carbonyl (C=O) groups excluding carboxylic acids is 3. The van der Waals surface area contributed by atoms with Gasteiger partial charge in [-0.2, -0.15) is 0 Å². The molecule has 0 aliphatic carbocycles. The molecule has 0 saturated carbocycles. The fraction of sp³-hybridized carbons (Fsp3) is 0.355. The van der Waals surface area contributed by atoms with Crippen LogP contribution in [0.3, 0.4) is 0 Å². The Hall–Kier alpha value is -4.38. The zero-order valence-electron chi connectivity index (χ0n) is 24.5. The maximum absolute atomic E-state index is 12.1. The zero-order chi connectivity index (χ0) is 30.2. The van der Waals surface area contributed by atoms with Gasteiger partial charge in [0, 0.05) is 36.1 Å². The fourth-order valence-corrected chi connectivity index (χ4v) is 4.56. The van der Waals surface area contributed by atoms with E-state index in [1.54, 1.807) is 31.3 Å². The molecule has 0 N–H and O–H groups in total.